The fourth-order valence-electron chi connectivity index (χ4n) is 6.50. The van der Waals surface area contributed by atoms with E-state index in [1.54, 1.807) is 11.3 Å². The van der Waals surface area contributed by atoms with E-state index in [1.807, 2.05) is 84.9 Å². The van der Waals surface area contributed by atoms with Gasteiger partial charge in [-0.05, 0) is 30.5 Å². The third-order valence-corrected chi connectivity index (χ3v) is 10.1. The smallest absolute Gasteiger partial charge is 0.165 e. The first-order valence-corrected chi connectivity index (χ1v) is 17.2. The molecule has 3 heterocycles. The van der Waals surface area contributed by atoms with Gasteiger partial charge in [-0.25, -0.2) is 24.9 Å². The van der Waals surface area contributed by atoms with Crippen molar-refractivity contribution in [2.24, 2.45) is 0 Å². The lowest BCUT2D eigenvalue weighted by Gasteiger charge is -2.13. The van der Waals surface area contributed by atoms with E-state index in [2.05, 4.69) is 66.7 Å². The number of rotatable bonds is 6. The van der Waals surface area contributed by atoms with Crippen LogP contribution in [-0.2, 0) is 0 Å². The lowest BCUT2D eigenvalue weighted by Crippen LogP contribution is -2.26. The standard InChI is InChI=1S/C43H29N5S/c1-5-15-28(16-6-1)35-27-36(45-40(44-35)29-17-7-2-8-18-29)32-23-14-26-37-38(32)33-24-13-25-34(39(33)49-37)43-47-41(30-19-9-3-10-20-30)46-42(48-43)31-21-11-4-12-22-31/h1-13,15-22,24-27H,14,23H2. The van der Waals surface area contributed by atoms with Gasteiger partial charge in [0.05, 0.1) is 11.4 Å². The first kappa shape index (κ1) is 29.1. The second kappa shape index (κ2) is 12.5. The van der Waals surface area contributed by atoms with Crippen molar-refractivity contribution in [1.82, 2.24) is 24.9 Å². The molecule has 5 nitrogen and oxygen atoms in total. The van der Waals surface area contributed by atoms with Crippen LogP contribution in [0.5, 0.6) is 0 Å². The Bertz CT molecular complexity index is 2470. The molecule has 0 fully saturated rings. The van der Waals surface area contributed by atoms with Gasteiger partial charge >= 0.3 is 0 Å². The fourth-order valence-corrected chi connectivity index (χ4v) is 7.81. The largest absolute Gasteiger partial charge is 0.228 e. The Morgan fingerprint density at radius 3 is 1.55 bits per heavy atom. The van der Waals surface area contributed by atoms with Crippen molar-refractivity contribution in [2.75, 3.05) is 0 Å². The average Bonchev–Trinajstić information content (AvgIpc) is 3.58. The Balaban J connectivity index is 1.27. The monoisotopic (exact) mass is 647 g/mol. The molecule has 5 aromatic carbocycles. The van der Waals surface area contributed by atoms with Crippen LogP contribution in [0, 0.1) is 0 Å². The van der Waals surface area contributed by atoms with E-state index in [0.29, 0.717) is 17.5 Å². The molecule has 1 aliphatic carbocycles. The molecule has 9 rings (SSSR count). The van der Waals surface area contributed by atoms with Crippen LogP contribution in [0.4, 0.5) is 0 Å². The van der Waals surface area contributed by atoms with E-state index in [9.17, 15) is 0 Å². The van der Waals surface area contributed by atoms with E-state index in [-0.39, 0.29) is 0 Å². The van der Waals surface area contributed by atoms with Gasteiger partial charge in [-0.2, -0.15) is 0 Å². The normalized spacial score (nSPS) is 12.4. The number of thiophene rings is 1. The van der Waals surface area contributed by atoms with Gasteiger partial charge < -0.3 is 0 Å². The second-order valence-corrected chi connectivity index (χ2v) is 13.0. The Hall–Kier alpha value is -6.11. The molecule has 3 aromatic heterocycles. The summed E-state index contributed by atoms with van der Waals surface area (Å²) in [5.74, 6) is 2.71. The predicted octanol–water partition coefficient (Wildman–Crippen LogP) is 8.98. The van der Waals surface area contributed by atoms with E-state index >= 15 is 0 Å². The zero-order valence-electron chi connectivity index (χ0n) is 26.5. The summed E-state index contributed by atoms with van der Waals surface area (Å²) in [5, 5.41) is 2.43. The van der Waals surface area contributed by atoms with E-state index in [1.165, 1.54) is 20.7 Å². The van der Waals surface area contributed by atoms with Crippen LogP contribution in [0.15, 0.2) is 146 Å². The van der Waals surface area contributed by atoms with Gasteiger partial charge in [0.1, 0.15) is 0 Å². The molecule has 0 amide bonds. The highest BCUT2D eigenvalue weighted by molar-refractivity contribution is 7.17. The topological polar surface area (TPSA) is 64.5 Å². The molecule has 0 N–H and O–H groups in total. The number of hydrogen-bond donors (Lipinski definition) is 0. The molecule has 0 saturated heterocycles. The Kier molecular flexibility index (Phi) is 7.41. The molecule has 0 aliphatic heterocycles. The molecule has 232 valence electrons. The summed E-state index contributed by atoms with van der Waals surface area (Å²) in [5.41, 5.74) is 8.10. The molecule has 0 saturated carbocycles. The van der Waals surface area contributed by atoms with Crippen molar-refractivity contribution in [2.45, 2.75) is 12.8 Å². The minimum atomic E-state index is 0.657. The van der Waals surface area contributed by atoms with Crippen molar-refractivity contribution >= 4 is 33.1 Å². The van der Waals surface area contributed by atoms with Gasteiger partial charge in [-0.3, -0.25) is 0 Å². The summed E-state index contributed by atoms with van der Waals surface area (Å²) in [6.07, 6.45) is 4.20. The highest BCUT2D eigenvalue weighted by Crippen LogP contribution is 2.33. The second-order valence-electron chi connectivity index (χ2n) is 12.0. The number of benzene rings is 5. The SMILES string of the molecule is C1=c2sc3c(-c4nc(-c5ccccc5)nc(-c5ccccc5)n4)cccc3c2=C(c2cc(-c3ccccc3)nc(-c3ccccc3)n2)CC1. The number of nitrogens with zero attached hydrogens (tertiary/aromatic N) is 5. The third kappa shape index (κ3) is 5.52. The molecule has 0 bridgehead atoms. The maximum atomic E-state index is 5.22. The van der Waals surface area contributed by atoms with E-state index < -0.39 is 0 Å². The van der Waals surface area contributed by atoms with Gasteiger partial charge in [0.25, 0.3) is 0 Å². The molecule has 0 unspecified atom stereocenters. The lowest BCUT2D eigenvalue weighted by molar-refractivity contribution is 1.05. The van der Waals surface area contributed by atoms with Gasteiger partial charge in [-0.15, -0.1) is 11.3 Å². The summed E-state index contributed by atoms with van der Waals surface area (Å²) >= 11 is 1.80. The Morgan fingerprint density at radius 2 is 0.959 bits per heavy atom. The van der Waals surface area contributed by atoms with Crippen molar-refractivity contribution < 1.29 is 0 Å². The van der Waals surface area contributed by atoms with E-state index in [0.717, 1.165) is 62.6 Å². The van der Waals surface area contributed by atoms with Gasteiger partial charge in [0.2, 0.25) is 0 Å². The van der Waals surface area contributed by atoms with Crippen LogP contribution in [0.1, 0.15) is 18.5 Å². The predicted molar refractivity (Wildman–Crippen MR) is 200 cm³/mol. The van der Waals surface area contributed by atoms with Crippen molar-refractivity contribution in [1.29, 1.82) is 0 Å². The third-order valence-electron chi connectivity index (χ3n) is 8.85. The zero-order valence-corrected chi connectivity index (χ0v) is 27.3. The minimum Gasteiger partial charge on any atom is -0.228 e. The highest BCUT2D eigenvalue weighted by Gasteiger charge is 2.20. The molecular formula is C43H29N5S. The fraction of sp³-hybridized carbons (Fsp3) is 0.0465. The average molecular weight is 648 g/mol. The first-order valence-electron chi connectivity index (χ1n) is 16.4. The van der Waals surface area contributed by atoms with Crippen LogP contribution < -0.4 is 9.75 Å². The molecule has 49 heavy (non-hydrogen) atoms. The molecule has 0 atom stereocenters. The van der Waals surface area contributed by atoms with Crippen LogP contribution in [-0.4, -0.2) is 24.9 Å². The quantitative estimate of drug-likeness (QED) is 0.180. The summed E-state index contributed by atoms with van der Waals surface area (Å²) in [6, 6.07) is 49.5. The zero-order chi connectivity index (χ0) is 32.6. The lowest BCUT2D eigenvalue weighted by atomic mass is 9.96. The van der Waals surface area contributed by atoms with Gasteiger partial charge in [-0.1, -0.05) is 140 Å². The van der Waals surface area contributed by atoms with Crippen molar-refractivity contribution in [3.8, 4) is 56.8 Å². The number of fused-ring (bicyclic) bond motifs is 3. The summed E-state index contributed by atoms with van der Waals surface area (Å²) in [4.78, 5) is 25.3. The molecule has 6 heteroatoms. The minimum absolute atomic E-state index is 0.657. The van der Waals surface area contributed by atoms with Crippen molar-refractivity contribution in [3.63, 3.8) is 0 Å². The molecule has 1 aliphatic rings. The number of aromatic nitrogens is 5. The first-order chi connectivity index (χ1) is 24.3. The maximum absolute atomic E-state index is 5.22. The molecule has 0 radical (unpaired) electrons. The van der Waals surface area contributed by atoms with Gasteiger partial charge in [0, 0.05) is 47.7 Å². The van der Waals surface area contributed by atoms with Crippen LogP contribution in [0.3, 0.4) is 0 Å². The van der Waals surface area contributed by atoms with Crippen molar-refractivity contribution in [3.05, 3.63) is 161 Å². The Labute approximate surface area is 287 Å². The summed E-state index contributed by atoms with van der Waals surface area (Å²) in [7, 11) is 0. The van der Waals surface area contributed by atoms with Crippen LogP contribution in [0.25, 0.3) is 78.5 Å². The van der Waals surface area contributed by atoms with Crippen LogP contribution >= 0.6 is 11.3 Å². The molecule has 0 spiro atoms. The van der Waals surface area contributed by atoms with Gasteiger partial charge in [0.15, 0.2) is 23.3 Å². The maximum Gasteiger partial charge on any atom is 0.165 e. The Morgan fingerprint density at radius 1 is 0.449 bits per heavy atom. The van der Waals surface area contributed by atoms with Crippen LogP contribution in [0.2, 0.25) is 0 Å². The van der Waals surface area contributed by atoms with E-state index in [4.69, 9.17) is 24.9 Å². The number of hydrogen-bond acceptors (Lipinski definition) is 6. The summed E-state index contributed by atoms with van der Waals surface area (Å²) in [6.45, 7) is 0. The molecular weight excluding hydrogens is 619 g/mol. The summed E-state index contributed by atoms with van der Waals surface area (Å²) < 4.78 is 2.42. The molecule has 8 aromatic rings. The highest BCUT2D eigenvalue weighted by atomic mass is 32.1.